The van der Waals surface area contributed by atoms with Crippen LogP contribution in [0.4, 0.5) is 8.78 Å². The molecule has 1 amide bonds. The zero-order valence-corrected chi connectivity index (χ0v) is 16.9. The molecule has 31 heavy (non-hydrogen) atoms. The summed E-state index contributed by atoms with van der Waals surface area (Å²) in [5.41, 5.74) is 2.44. The van der Waals surface area contributed by atoms with Gasteiger partial charge in [-0.1, -0.05) is 41.6 Å². The molecule has 7 nitrogen and oxygen atoms in total. The summed E-state index contributed by atoms with van der Waals surface area (Å²) >= 11 is 0. The zero-order chi connectivity index (χ0) is 21.8. The molecule has 1 heterocycles. The Bertz CT molecular complexity index is 1040. The van der Waals surface area contributed by atoms with E-state index in [9.17, 15) is 13.6 Å². The smallest absolute Gasteiger partial charge is 0.387 e. The van der Waals surface area contributed by atoms with Crippen molar-refractivity contribution >= 4 is 5.91 Å². The summed E-state index contributed by atoms with van der Waals surface area (Å²) in [4.78, 5) is 12.5. The van der Waals surface area contributed by atoms with Gasteiger partial charge in [-0.15, -0.1) is 5.10 Å². The van der Waals surface area contributed by atoms with Gasteiger partial charge < -0.3 is 14.8 Å². The van der Waals surface area contributed by atoms with Crippen molar-refractivity contribution in [3.05, 3.63) is 60.3 Å². The van der Waals surface area contributed by atoms with Crippen molar-refractivity contribution in [1.29, 1.82) is 0 Å². The van der Waals surface area contributed by atoms with E-state index in [2.05, 4.69) is 20.4 Å². The second-order valence-corrected chi connectivity index (χ2v) is 7.35. The fourth-order valence-electron chi connectivity index (χ4n) is 3.57. The molecule has 0 unspecified atom stereocenters. The van der Waals surface area contributed by atoms with Crippen molar-refractivity contribution in [1.82, 2.24) is 20.3 Å². The number of nitrogens with zero attached hydrogens (tertiary/aromatic N) is 3. The summed E-state index contributed by atoms with van der Waals surface area (Å²) in [6.45, 7) is -2.74. The molecule has 4 rings (SSSR count). The van der Waals surface area contributed by atoms with Gasteiger partial charge in [0.1, 0.15) is 5.69 Å². The maximum Gasteiger partial charge on any atom is 0.387 e. The second kappa shape index (κ2) is 9.11. The number of methoxy groups -OCH3 is 1. The van der Waals surface area contributed by atoms with Gasteiger partial charge in [0.05, 0.1) is 19.3 Å². The first-order valence-electron chi connectivity index (χ1n) is 9.90. The standard InChI is InChI=1S/C22H22F2N4O3/c1-30-19-8-7-14(9-20(19)31-22(23)24)12-25-21(29)16-10-17(11-16)28-13-18(26-27-28)15-5-3-2-4-6-15/h2-9,13,16-17,22H,10-12H2,1H3,(H,25,29). The SMILES string of the molecule is COc1ccc(CNC(=O)C2CC(n3cc(-c4ccccc4)nn3)C2)cc1OC(F)F. The van der Waals surface area contributed by atoms with Gasteiger partial charge in [-0.05, 0) is 30.5 Å². The van der Waals surface area contributed by atoms with Crippen LogP contribution in [-0.4, -0.2) is 34.6 Å². The van der Waals surface area contributed by atoms with E-state index in [-0.39, 0.29) is 35.9 Å². The van der Waals surface area contributed by atoms with Gasteiger partial charge in [0.25, 0.3) is 0 Å². The first-order chi connectivity index (χ1) is 15.0. The lowest BCUT2D eigenvalue weighted by Gasteiger charge is -2.33. The first kappa shape index (κ1) is 20.8. The summed E-state index contributed by atoms with van der Waals surface area (Å²) in [6, 6.07) is 14.6. The van der Waals surface area contributed by atoms with Crippen LogP contribution in [0.3, 0.4) is 0 Å². The molecule has 3 aromatic rings. The third-order valence-corrected chi connectivity index (χ3v) is 5.35. The molecular formula is C22H22F2N4O3. The third kappa shape index (κ3) is 4.82. The van der Waals surface area contributed by atoms with E-state index in [0.29, 0.717) is 18.4 Å². The molecular weight excluding hydrogens is 406 g/mol. The Morgan fingerprint density at radius 3 is 2.68 bits per heavy atom. The van der Waals surface area contributed by atoms with Crippen molar-refractivity contribution in [2.75, 3.05) is 7.11 Å². The minimum absolute atomic E-state index is 0.0617. The monoisotopic (exact) mass is 428 g/mol. The second-order valence-electron chi connectivity index (χ2n) is 7.35. The van der Waals surface area contributed by atoms with Crippen molar-refractivity contribution < 1.29 is 23.0 Å². The van der Waals surface area contributed by atoms with E-state index in [0.717, 1.165) is 11.3 Å². The van der Waals surface area contributed by atoms with Crippen LogP contribution in [0, 0.1) is 5.92 Å². The number of alkyl halides is 2. The average molecular weight is 428 g/mol. The predicted octanol–water partition coefficient (Wildman–Crippen LogP) is 3.82. The van der Waals surface area contributed by atoms with E-state index >= 15 is 0 Å². The molecule has 1 aliphatic rings. The van der Waals surface area contributed by atoms with Crippen LogP contribution in [0.5, 0.6) is 11.5 Å². The molecule has 1 N–H and O–H groups in total. The number of carbonyl (C=O) groups is 1. The molecule has 0 atom stereocenters. The van der Waals surface area contributed by atoms with E-state index in [4.69, 9.17) is 4.74 Å². The topological polar surface area (TPSA) is 78.3 Å². The number of aromatic nitrogens is 3. The summed E-state index contributed by atoms with van der Waals surface area (Å²) in [6.07, 6.45) is 3.24. The molecule has 2 aromatic carbocycles. The Hall–Kier alpha value is -3.49. The van der Waals surface area contributed by atoms with E-state index in [1.807, 2.05) is 41.2 Å². The maximum atomic E-state index is 12.6. The van der Waals surface area contributed by atoms with Gasteiger partial charge >= 0.3 is 6.61 Å². The number of hydrogen-bond donors (Lipinski definition) is 1. The molecule has 1 aromatic heterocycles. The number of nitrogens with one attached hydrogen (secondary N) is 1. The molecule has 0 bridgehead atoms. The van der Waals surface area contributed by atoms with Gasteiger partial charge in [0.15, 0.2) is 11.5 Å². The Kier molecular flexibility index (Phi) is 6.11. The normalized spacial score (nSPS) is 17.8. The molecule has 1 fully saturated rings. The van der Waals surface area contributed by atoms with E-state index < -0.39 is 6.61 Å². The number of ether oxygens (including phenoxy) is 2. The number of hydrogen-bond acceptors (Lipinski definition) is 5. The van der Waals surface area contributed by atoms with Gasteiger partial charge in [-0.25, -0.2) is 4.68 Å². The van der Waals surface area contributed by atoms with E-state index in [1.54, 1.807) is 6.07 Å². The summed E-state index contributed by atoms with van der Waals surface area (Å²) in [5.74, 6) is -0.0514. The van der Waals surface area contributed by atoms with Gasteiger partial charge in [-0.2, -0.15) is 8.78 Å². The van der Waals surface area contributed by atoms with Crippen LogP contribution in [0.2, 0.25) is 0 Å². The molecule has 1 aliphatic carbocycles. The Balaban J connectivity index is 1.29. The minimum Gasteiger partial charge on any atom is -0.493 e. The molecule has 0 aliphatic heterocycles. The highest BCUT2D eigenvalue weighted by Crippen LogP contribution is 2.38. The van der Waals surface area contributed by atoms with Crippen LogP contribution in [0.25, 0.3) is 11.3 Å². The average Bonchev–Trinajstić information content (AvgIpc) is 3.21. The van der Waals surface area contributed by atoms with Crippen molar-refractivity contribution in [2.45, 2.75) is 32.0 Å². The number of rotatable bonds is 8. The number of halogens is 2. The highest BCUT2D eigenvalue weighted by atomic mass is 19.3. The van der Waals surface area contributed by atoms with Gasteiger partial charge in [0, 0.05) is 18.0 Å². The zero-order valence-electron chi connectivity index (χ0n) is 16.9. The van der Waals surface area contributed by atoms with Gasteiger partial charge in [-0.3, -0.25) is 4.79 Å². The number of benzene rings is 2. The fourth-order valence-corrected chi connectivity index (χ4v) is 3.57. The number of amides is 1. The van der Waals surface area contributed by atoms with Crippen LogP contribution >= 0.6 is 0 Å². The highest BCUT2D eigenvalue weighted by Gasteiger charge is 2.36. The molecule has 0 saturated heterocycles. The Labute approximate surface area is 178 Å². The van der Waals surface area contributed by atoms with Crippen molar-refractivity contribution in [3.63, 3.8) is 0 Å². The highest BCUT2D eigenvalue weighted by molar-refractivity contribution is 5.79. The third-order valence-electron chi connectivity index (χ3n) is 5.35. The molecule has 162 valence electrons. The lowest BCUT2D eigenvalue weighted by molar-refractivity contribution is -0.129. The Morgan fingerprint density at radius 2 is 1.97 bits per heavy atom. The van der Waals surface area contributed by atoms with Crippen LogP contribution in [0.15, 0.2) is 54.7 Å². The molecule has 0 radical (unpaired) electrons. The minimum atomic E-state index is -2.95. The van der Waals surface area contributed by atoms with Crippen molar-refractivity contribution in [2.24, 2.45) is 5.92 Å². The van der Waals surface area contributed by atoms with Gasteiger partial charge in [0.2, 0.25) is 5.91 Å². The molecule has 1 saturated carbocycles. The molecule has 9 heteroatoms. The van der Waals surface area contributed by atoms with Crippen molar-refractivity contribution in [3.8, 4) is 22.8 Å². The van der Waals surface area contributed by atoms with E-state index in [1.165, 1.54) is 19.2 Å². The van der Waals surface area contributed by atoms with Crippen LogP contribution < -0.4 is 14.8 Å². The summed E-state index contributed by atoms with van der Waals surface area (Å²) in [5, 5.41) is 11.3. The van der Waals surface area contributed by atoms with Crippen LogP contribution in [0.1, 0.15) is 24.4 Å². The Morgan fingerprint density at radius 1 is 1.19 bits per heavy atom. The largest absolute Gasteiger partial charge is 0.493 e. The summed E-state index contributed by atoms with van der Waals surface area (Å²) < 4.78 is 36.4. The lowest BCUT2D eigenvalue weighted by Crippen LogP contribution is -2.39. The first-order valence-corrected chi connectivity index (χ1v) is 9.90. The lowest BCUT2D eigenvalue weighted by atomic mass is 9.79. The number of carbonyl (C=O) groups excluding carboxylic acids is 1. The van der Waals surface area contributed by atoms with Crippen LogP contribution in [-0.2, 0) is 11.3 Å². The maximum absolute atomic E-state index is 12.6. The quantitative estimate of drug-likeness (QED) is 0.590. The molecule has 0 spiro atoms. The predicted molar refractivity (Wildman–Crippen MR) is 109 cm³/mol. The summed E-state index contributed by atoms with van der Waals surface area (Å²) in [7, 11) is 1.38. The fraction of sp³-hybridized carbons (Fsp3) is 0.318.